The summed E-state index contributed by atoms with van der Waals surface area (Å²) in [6.45, 7) is 0. The molecule has 1 aromatic heterocycles. The zero-order valence-corrected chi connectivity index (χ0v) is 9.77. The summed E-state index contributed by atoms with van der Waals surface area (Å²) >= 11 is 0. The summed E-state index contributed by atoms with van der Waals surface area (Å²) in [6, 6.07) is 12.0. The molecule has 0 saturated carbocycles. The molecule has 0 aliphatic carbocycles. The fourth-order valence-electron chi connectivity index (χ4n) is 1.90. The minimum absolute atomic E-state index is 0.327. The molecule has 3 rings (SSSR count). The lowest BCUT2D eigenvalue weighted by Crippen LogP contribution is -1.91. The Kier molecular flexibility index (Phi) is 2.48. The number of oxazole rings is 1. The van der Waals surface area contributed by atoms with E-state index in [1.165, 1.54) is 12.1 Å². The summed E-state index contributed by atoms with van der Waals surface area (Å²) in [4.78, 5) is 4.36. The summed E-state index contributed by atoms with van der Waals surface area (Å²) in [6.07, 6.45) is 0. The van der Waals surface area contributed by atoms with Crippen molar-refractivity contribution in [2.75, 3.05) is 12.4 Å². The van der Waals surface area contributed by atoms with Crippen molar-refractivity contribution in [3.63, 3.8) is 0 Å². The Bertz CT molecular complexity index is 706. The normalized spacial score (nSPS) is 10.8. The lowest BCUT2D eigenvalue weighted by Gasteiger charge is -2.04. The number of para-hydroxylation sites is 1. The summed E-state index contributed by atoms with van der Waals surface area (Å²) in [5, 5.41) is 3.08. The zero-order valence-electron chi connectivity index (χ0n) is 9.77. The van der Waals surface area contributed by atoms with Gasteiger partial charge in [0.15, 0.2) is 5.58 Å². The number of nitrogens with one attached hydrogen (secondary N) is 1. The van der Waals surface area contributed by atoms with Crippen LogP contribution in [0.5, 0.6) is 0 Å². The highest BCUT2D eigenvalue weighted by Gasteiger charge is 2.11. The molecule has 0 aliphatic rings. The molecule has 1 heterocycles. The lowest BCUT2D eigenvalue weighted by atomic mass is 10.2. The molecule has 0 spiro atoms. The highest BCUT2D eigenvalue weighted by molar-refractivity contribution is 5.80. The van der Waals surface area contributed by atoms with Crippen LogP contribution in [0.3, 0.4) is 0 Å². The van der Waals surface area contributed by atoms with Crippen LogP contribution in [0.4, 0.5) is 10.1 Å². The van der Waals surface area contributed by atoms with Crippen LogP contribution in [-0.4, -0.2) is 12.0 Å². The van der Waals surface area contributed by atoms with Crippen LogP contribution in [0.2, 0.25) is 0 Å². The van der Waals surface area contributed by atoms with Crippen molar-refractivity contribution in [2.45, 2.75) is 0 Å². The topological polar surface area (TPSA) is 38.1 Å². The van der Waals surface area contributed by atoms with E-state index in [0.29, 0.717) is 17.0 Å². The lowest BCUT2D eigenvalue weighted by molar-refractivity contribution is 0.602. The van der Waals surface area contributed by atoms with Gasteiger partial charge in [0.25, 0.3) is 0 Å². The molecule has 0 radical (unpaired) electrons. The van der Waals surface area contributed by atoms with Gasteiger partial charge in [0.2, 0.25) is 5.89 Å². The fraction of sp³-hybridized carbons (Fsp3) is 0.0714. The van der Waals surface area contributed by atoms with Gasteiger partial charge in [-0.1, -0.05) is 12.1 Å². The summed E-state index contributed by atoms with van der Waals surface area (Å²) in [5.41, 5.74) is 2.88. The Morgan fingerprint density at radius 3 is 2.83 bits per heavy atom. The number of fused-ring (bicyclic) bond motifs is 1. The van der Waals surface area contributed by atoms with Crippen molar-refractivity contribution in [2.24, 2.45) is 0 Å². The molecule has 1 N–H and O–H groups in total. The fourth-order valence-corrected chi connectivity index (χ4v) is 1.90. The number of hydrogen-bond acceptors (Lipinski definition) is 3. The van der Waals surface area contributed by atoms with Crippen molar-refractivity contribution in [3.8, 4) is 11.5 Å². The zero-order chi connectivity index (χ0) is 12.5. The molecule has 0 fully saturated rings. The molecular weight excluding hydrogens is 231 g/mol. The Morgan fingerprint density at radius 1 is 1.17 bits per heavy atom. The van der Waals surface area contributed by atoms with Gasteiger partial charge in [0.1, 0.15) is 11.3 Å². The molecule has 3 aromatic rings. The van der Waals surface area contributed by atoms with Gasteiger partial charge in [-0.05, 0) is 24.3 Å². The molecule has 3 nitrogen and oxygen atoms in total. The van der Waals surface area contributed by atoms with Gasteiger partial charge in [-0.25, -0.2) is 9.37 Å². The van der Waals surface area contributed by atoms with Gasteiger partial charge in [-0.3, -0.25) is 0 Å². The number of aromatic nitrogens is 1. The number of benzene rings is 2. The van der Waals surface area contributed by atoms with Crippen LogP contribution < -0.4 is 5.32 Å². The number of anilines is 1. The average Bonchev–Trinajstić information content (AvgIpc) is 2.81. The summed E-state index contributed by atoms with van der Waals surface area (Å²) in [5.74, 6) is 0.160. The first-order valence-corrected chi connectivity index (χ1v) is 5.61. The third-order valence-corrected chi connectivity index (χ3v) is 2.78. The maximum absolute atomic E-state index is 13.1. The smallest absolute Gasteiger partial charge is 0.229 e. The van der Waals surface area contributed by atoms with Gasteiger partial charge in [0.05, 0.1) is 5.56 Å². The van der Waals surface area contributed by atoms with Crippen LogP contribution in [0.1, 0.15) is 0 Å². The van der Waals surface area contributed by atoms with E-state index in [1.54, 1.807) is 6.07 Å². The second kappa shape index (κ2) is 4.14. The van der Waals surface area contributed by atoms with Gasteiger partial charge in [0, 0.05) is 18.8 Å². The largest absolute Gasteiger partial charge is 0.436 e. The quantitative estimate of drug-likeness (QED) is 0.745. The minimum atomic E-state index is -0.327. The SMILES string of the molecule is CNc1ccccc1-c1nc2ccc(F)cc2o1. The van der Waals surface area contributed by atoms with Gasteiger partial charge >= 0.3 is 0 Å². The standard InChI is InChI=1S/C14H11FN2O/c1-16-11-5-3-2-4-10(11)14-17-12-7-6-9(15)8-13(12)18-14/h2-8,16H,1H3. The molecule has 0 saturated heterocycles. The highest BCUT2D eigenvalue weighted by Crippen LogP contribution is 2.29. The van der Waals surface area contributed by atoms with Crippen molar-refractivity contribution in [3.05, 3.63) is 48.3 Å². The molecule has 0 bridgehead atoms. The van der Waals surface area contributed by atoms with E-state index in [0.717, 1.165) is 11.3 Å². The van der Waals surface area contributed by atoms with Gasteiger partial charge in [-0.15, -0.1) is 0 Å². The Hall–Kier alpha value is -2.36. The monoisotopic (exact) mass is 242 g/mol. The van der Waals surface area contributed by atoms with Gasteiger partial charge in [-0.2, -0.15) is 0 Å². The van der Waals surface area contributed by atoms with Crippen molar-refractivity contribution in [1.29, 1.82) is 0 Å². The Labute approximate surface area is 103 Å². The van der Waals surface area contributed by atoms with Crippen molar-refractivity contribution >= 4 is 16.8 Å². The number of nitrogens with zero attached hydrogens (tertiary/aromatic N) is 1. The van der Waals surface area contributed by atoms with Crippen LogP contribution in [0, 0.1) is 5.82 Å². The second-order valence-electron chi connectivity index (χ2n) is 3.93. The Morgan fingerprint density at radius 2 is 2.00 bits per heavy atom. The number of rotatable bonds is 2. The van der Waals surface area contributed by atoms with Gasteiger partial charge < -0.3 is 9.73 Å². The molecule has 2 aromatic carbocycles. The predicted molar refractivity (Wildman–Crippen MR) is 68.9 cm³/mol. The molecule has 4 heteroatoms. The van der Waals surface area contributed by atoms with E-state index in [2.05, 4.69) is 10.3 Å². The van der Waals surface area contributed by atoms with E-state index >= 15 is 0 Å². The first kappa shape index (κ1) is 10.8. The third kappa shape index (κ3) is 1.72. The molecule has 0 amide bonds. The van der Waals surface area contributed by atoms with E-state index in [4.69, 9.17) is 4.42 Å². The number of halogens is 1. The predicted octanol–water partition coefficient (Wildman–Crippen LogP) is 3.68. The number of hydrogen-bond donors (Lipinski definition) is 1. The molecule has 18 heavy (non-hydrogen) atoms. The van der Waals surface area contributed by atoms with Crippen LogP contribution in [0.15, 0.2) is 46.9 Å². The minimum Gasteiger partial charge on any atom is -0.436 e. The summed E-state index contributed by atoms with van der Waals surface area (Å²) in [7, 11) is 1.83. The maximum atomic E-state index is 13.1. The summed E-state index contributed by atoms with van der Waals surface area (Å²) < 4.78 is 18.7. The van der Waals surface area contributed by atoms with Crippen LogP contribution in [-0.2, 0) is 0 Å². The van der Waals surface area contributed by atoms with E-state index in [1.807, 2.05) is 31.3 Å². The average molecular weight is 242 g/mol. The Balaban J connectivity index is 2.19. The van der Waals surface area contributed by atoms with Crippen molar-refractivity contribution < 1.29 is 8.81 Å². The molecule has 0 atom stereocenters. The third-order valence-electron chi connectivity index (χ3n) is 2.78. The second-order valence-corrected chi connectivity index (χ2v) is 3.93. The molecular formula is C14H11FN2O. The molecule has 90 valence electrons. The van der Waals surface area contributed by atoms with Crippen LogP contribution in [0.25, 0.3) is 22.6 Å². The first-order chi connectivity index (χ1) is 8.78. The highest BCUT2D eigenvalue weighted by atomic mass is 19.1. The maximum Gasteiger partial charge on any atom is 0.229 e. The van der Waals surface area contributed by atoms with E-state index < -0.39 is 0 Å². The molecule has 0 aliphatic heterocycles. The van der Waals surface area contributed by atoms with Crippen LogP contribution >= 0.6 is 0 Å². The molecule has 0 unspecified atom stereocenters. The van der Waals surface area contributed by atoms with E-state index in [9.17, 15) is 4.39 Å². The van der Waals surface area contributed by atoms with E-state index in [-0.39, 0.29) is 5.82 Å². The van der Waals surface area contributed by atoms with Crippen molar-refractivity contribution in [1.82, 2.24) is 4.98 Å². The first-order valence-electron chi connectivity index (χ1n) is 5.61.